The molecule has 1 aliphatic heterocycles. The monoisotopic (exact) mass is 427 g/mol. The average molecular weight is 428 g/mol. The van der Waals surface area contributed by atoms with Gasteiger partial charge in [0.25, 0.3) is 5.91 Å². The zero-order chi connectivity index (χ0) is 21.1. The van der Waals surface area contributed by atoms with Crippen molar-refractivity contribution >= 4 is 34.8 Å². The Morgan fingerprint density at radius 3 is 2.47 bits per heavy atom. The van der Waals surface area contributed by atoms with E-state index in [1.807, 2.05) is 0 Å². The van der Waals surface area contributed by atoms with Crippen LogP contribution in [0.1, 0.15) is 44.1 Å². The maximum Gasteiger partial charge on any atom is 0.275 e. The molecule has 1 N–H and O–H groups in total. The Morgan fingerprint density at radius 2 is 1.80 bits per heavy atom. The SMILES string of the molecule is O=C(CN1C(=O)C(c2ccc(F)cc2)=NC12CCCCCC2)Nc1cccc(Cl)c1. The summed E-state index contributed by atoms with van der Waals surface area (Å²) in [5.41, 5.74) is 0.729. The number of halogens is 2. The summed E-state index contributed by atoms with van der Waals surface area (Å²) in [4.78, 5) is 32.5. The smallest absolute Gasteiger partial charge is 0.275 e. The molecule has 4 rings (SSSR count). The van der Waals surface area contributed by atoms with Gasteiger partial charge in [0, 0.05) is 16.3 Å². The van der Waals surface area contributed by atoms with Gasteiger partial charge in [-0.1, -0.05) is 30.5 Å². The minimum absolute atomic E-state index is 0.0977. The molecule has 0 bridgehead atoms. The highest BCUT2D eigenvalue weighted by Crippen LogP contribution is 2.38. The molecule has 1 saturated carbocycles. The van der Waals surface area contributed by atoms with Crippen LogP contribution in [-0.2, 0) is 9.59 Å². The van der Waals surface area contributed by atoms with E-state index in [0.717, 1.165) is 25.7 Å². The van der Waals surface area contributed by atoms with E-state index < -0.39 is 5.66 Å². The number of amides is 2. The quantitative estimate of drug-likeness (QED) is 0.761. The summed E-state index contributed by atoms with van der Waals surface area (Å²) in [5.74, 6) is -0.957. The Balaban J connectivity index is 1.60. The first-order valence-electron chi connectivity index (χ1n) is 10.2. The van der Waals surface area contributed by atoms with E-state index in [1.165, 1.54) is 12.1 Å². The van der Waals surface area contributed by atoms with Crippen molar-refractivity contribution in [3.63, 3.8) is 0 Å². The lowest BCUT2D eigenvalue weighted by atomic mass is 10.00. The Morgan fingerprint density at radius 1 is 1.10 bits per heavy atom. The molecule has 2 aromatic carbocycles. The van der Waals surface area contributed by atoms with Crippen molar-refractivity contribution in [1.82, 2.24) is 4.90 Å². The number of carbonyl (C=O) groups excluding carboxylic acids is 2. The number of anilines is 1. The lowest BCUT2D eigenvalue weighted by molar-refractivity contribution is -0.133. The van der Waals surface area contributed by atoms with Crippen LogP contribution in [0.15, 0.2) is 53.5 Å². The van der Waals surface area contributed by atoms with E-state index in [0.29, 0.717) is 34.8 Å². The van der Waals surface area contributed by atoms with Crippen molar-refractivity contribution in [3.05, 3.63) is 64.9 Å². The highest BCUT2D eigenvalue weighted by Gasteiger charge is 2.47. The first-order chi connectivity index (χ1) is 14.5. The van der Waals surface area contributed by atoms with Gasteiger partial charge in [-0.3, -0.25) is 14.6 Å². The van der Waals surface area contributed by atoms with Gasteiger partial charge in [-0.15, -0.1) is 0 Å². The number of carbonyl (C=O) groups is 2. The van der Waals surface area contributed by atoms with Gasteiger partial charge in [-0.25, -0.2) is 4.39 Å². The van der Waals surface area contributed by atoms with Crippen LogP contribution in [0, 0.1) is 5.82 Å². The Bertz CT molecular complexity index is 982. The molecule has 1 spiro atoms. The third-order valence-electron chi connectivity index (χ3n) is 5.70. The number of hydrogen-bond donors (Lipinski definition) is 1. The van der Waals surface area contributed by atoms with E-state index in [4.69, 9.17) is 16.6 Å². The summed E-state index contributed by atoms with van der Waals surface area (Å²) < 4.78 is 13.4. The minimum atomic E-state index is -0.719. The molecular weight excluding hydrogens is 405 g/mol. The maximum absolute atomic E-state index is 13.4. The fraction of sp³-hybridized carbons (Fsp3) is 0.348. The van der Waals surface area contributed by atoms with Crippen molar-refractivity contribution in [3.8, 4) is 0 Å². The Kier molecular flexibility index (Phi) is 5.86. The summed E-state index contributed by atoms with van der Waals surface area (Å²) in [6.07, 6.45) is 5.49. The van der Waals surface area contributed by atoms with E-state index in [1.54, 1.807) is 41.3 Å². The fourth-order valence-electron chi connectivity index (χ4n) is 4.23. The van der Waals surface area contributed by atoms with Crippen LogP contribution in [0.2, 0.25) is 5.02 Å². The molecule has 2 aliphatic rings. The second kappa shape index (κ2) is 8.56. The van der Waals surface area contributed by atoms with E-state index in [-0.39, 0.29) is 24.2 Å². The molecule has 0 unspecified atom stereocenters. The highest BCUT2D eigenvalue weighted by atomic mass is 35.5. The van der Waals surface area contributed by atoms with Gasteiger partial charge in [0.1, 0.15) is 23.7 Å². The fourth-order valence-corrected chi connectivity index (χ4v) is 4.43. The molecule has 0 saturated heterocycles. The first-order valence-corrected chi connectivity index (χ1v) is 10.6. The molecule has 5 nitrogen and oxygen atoms in total. The van der Waals surface area contributed by atoms with Crippen molar-refractivity contribution in [2.45, 2.75) is 44.2 Å². The summed E-state index contributed by atoms with van der Waals surface area (Å²) in [5, 5.41) is 3.33. The minimum Gasteiger partial charge on any atom is -0.324 e. The van der Waals surface area contributed by atoms with Crippen LogP contribution >= 0.6 is 11.6 Å². The topological polar surface area (TPSA) is 61.8 Å². The van der Waals surface area contributed by atoms with Crippen molar-refractivity contribution in [2.24, 2.45) is 4.99 Å². The summed E-state index contributed by atoms with van der Waals surface area (Å²) in [6, 6.07) is 12.6. The van der Waals surface area contributed by atoms with Crippen LogP contribution in [0.4, 0.5) is 10.1 Å². The summed E-state index contributed by atoms with van der Waals surface area (Å²) >= 11 is 5.99. The number of aliphatic imine (C=N–C) groups is 1. The zero-order valence-corrected chi connectivity index (χ0v) is 17.3. The standard InChI is InChI=1S/C23H23ClFN3O2/c24-17-6-5-7-19(14-17)26-20(29)15-28-22(30)21(16-8-10-18(25)11-9-16)27-23(28)12-3-1-2-4-13-23/h5-11,14H,1-4,12-13,15H2,(H,26,29). The van der Waals surface area contributed by atoms with Gasteiger partial charge in [-0.05, 0) is 68.1 Å². The van der Waals surface area contributed by atoms with Crippen LogP contribution in [0.25, 0.3) is 0 Å². The number of rotatable bonds is 4. The number of nitrogens with one attached hydrogen (secondary N) is 1. The van der Waals surface area contributed by atoms with E-state index in [2.05, 4.69) is 5.32 Å². The molecule has 1 heterocycles. The van der Waals surface area contributed by atoms with Crippen molar-refractivity contribution < 1.29 is 14.0 Å². The molecule has 2 aromatic rings. The van der Waals surface area contributed by atoms with Crippen LogP contribution in [0.3, 0.4) is 0 Å². The maximum atomic E-state index is 13.4. The number of nitrogens with zero attached hydrogens (tertiary/aromatic N) is 2. The second-order valence-electron chi connectivity index (χ2n) is 7.81. The molecule has 1 aliphatic carbocycles. The average Bonchev–Trinajstić information content (AvgIpc) is 2.87. The predicted octanol–water partition coefficient (Wildman–Crippen LogP) is 4.80. The normalized spacial score (nSPS) is 18.3. The highest BCUT2D eigenvalue weighted by molar-refractivity contribution is 6.47. The van der Waals surface area contributed by atoms with Crippen molar-refractivity contribution in [1.29, 1.82) is 0 Å². The molecular formula is C23H23ClFN3O2. The first kappa shape index (κ1) is 20.5. The molecule has 0 radical (unpaired) electrons. The second-order valence-corrected chi connectivity index (χ2v) is 8.25. The van der Waals surface area contributed by atoms with Gasteiger partial charge < -0.3 is 10.2 Å². The third-order valence-corrected chi connectivity index (χ3v) is 5.94. The molecule has 1 fully saturated rings. The van der Waals surface area contributed by atoms with Crippen LogP contribution in [0.5, 0.6) is 0 Å². The van der Waals surface area contributed by atoms with Gasteiger partial charge in [0.05, 0.1) is 0 Å². The molecule has 2 amide bonds. The molecule has 0 atom stereocenters. The van der Waals surface area contributed by atoms with Gasteiger partial charge >= 0.3 is 0 Å². The Hall–Kier alpha value is -2.73. The molecule has 7 heteroatoms. The Labute approximate surface area is 179 Å². The van der Waals surface area contributed by atoms with Crippen LogP contribution in [-0.4, -0.2) is 34.6 Å². The predicted molar refractivity (Wildman–Crippen MR) is 115 cm³/mol. The molecule has 30 heavy (non-hydrogen) atoms. The number of hydrogen-bond acceptors (Lipinski definition) is 3. The lowest BCUT2D eigenvalue weighted by Crippen LogP contribution is -2.50. The van der Waals surface area contributed by atoms with E-state index in [9.17, 15) is 14.0 Å². The third kappa shape index (κ3) is 4.24. The molecule has 0 aromatic heterocycles. The summed E-state index contributed by atoms with van der Waals surface area (Å²) in [6.45, 7) is -0.0977. The van der Waals surface area contributed by atoms with Gasteiger partial charge in [0.2, 0.25) is 5.91 Å². The van der Waals surface area contributed by atoms with Crippen molar-refractivity contribution in [2.75, 3.05) is 11.9 Å². The summed E-state index contributed by atoms with van der Waals surface area (Å²) in [7, 11) is 0. The molecule has 156 valence electrons. The van der Waals surface area contributed by atoms with E-state index >= 15 is 0 Å². The lowest BCUT2D eigenvalue weighted by Gasteiger charge is -2.35. The number of benzene rings is 2. The largest absolute Gasteiger partial charge is 0.324 e. The van der Waals surface area contributed by atoms with Crippen LogP contribution < -0.4 is 5.32 Å². The zero-order valence-electron chi connectivity index (χ0n) is 16.5. The van der Waals surface area contributed by atoms with Gasteiger partial charge in [0.15, 0.2) is 0 Å². The van der Waals surface area contributed by atoms with Gasteiger partial charge in [-0.2, -0.15) is 0 Å².